The maximum Gasteiger partial charge on any atom is 0.240 e. The maximum absolute atomic E-state index is 13.7. The lowest BCUT2D eigenvalue weighted by Crippen LogP contribution is -2.24. The fraction of sp³-hybridized carbons (Fsp3) is 0.429. The summed E-state index contributed by atoms with van der Waals surface area (Å²) in [6.45, 7) is 1.98. The Kier molecular flexibility index (Phi) is 6.65. The molecule has 0 radical (unpaired) electrons. The van der Waals surface area contributed by atoms with Crippen LogP contribution in [0, 0.1) is 17.7 Å². The van der Waals surface area contributed by atoms with Crippen LogP contribution in [-0.4, -0.2) is 26.7 Å². The van der Waals surface area contributed by atoms with Crippen LogP contribution in [0.25, 0.3) is 0 Å². The summed E-state index contributed by atoms with van der Waals surface area (Å²) >= 11 is 0. The molecule has 1 aromatic rings. The highest BCUT2D eigenvalue weighted by atomic mass is 32.2. The third kappa shape index (κ3) is 4.93. The van der Waals surface area contributed by atoms with Crippen LogP contribution in [0.4, 0.5) is 4.39 Å². The highest BCUT2D eigenvalue weighted by Gasteiger charge is 2.15. The predicted octanol–water partition coefficient (Wildman–Crippen LogP) is 1.64. The Morgan fingerprint density at radius 3 is 2.70 bits per heavy atom. The number of unbranched alkanes of at least 4 members (excludes halogenated alkanes) is 2. The molecule has 6 heteroatoms. The molecule has 0 aliphatic rings. The summed E-state index contributed by atoms with van der Waals surface area (Å²) in [4.78, 5) is -0.124. The standard InChI is InChI=1S/C14H18FNO3S/c1-2-3-4-9-16-20(18,19)13-8-7-12(6-5-10-17)14(15)11-13/h7-8,11,16-17H,2-4,9-10H2,1H3. The predicted molar refractivity (Wildman–Crippen MR) is 75.1 cm³/mol. The Balaban J connectivity index is 2.83. The minimum Gasteiger partial charge on any atom is -0.384 e. The van der Waals surface area contributed by atoms with E-state index in [1.54, 1.807) is 0 Å². The van der Waals surface area contributed by atoms with Gasteiger partial charge in [0, 0.05) is 6.54 Å². The molecular formula is C14H18FNO3S. The molecule has 110 valence electrons. The fourth-order valence-corrected chi connectivity index (χ4v) is 2.65. The lowest BCUT2D eigenvalue weighted by Gasteiger charge is -2.07. The fourth-order valence-electron chi connectivity index (χ4n) is 1.56. The van der Waals surface area contributed by atoms with E-state index in [0.29, 0.717) is 6.54 Å². The van der Waals surface area contributed by atoms with Gasteiger partial charge in [-0.15, -0.1) is 0 Å². The van der Waals surface area contributed by atoms with Crippen molar-refractivity contribution in [3.8, 4) is 11.8 Å². The van der Waals surface area contributed by atoms with E-state index in [-0.39, 0.29) is 17.1 Å². The van der Waals surface area contributed by atoms with Crippen molar-refractivity contribution in [2.24, 2.45) is 0 Å². The van der Waals surface area contributed by atoms with Gasteiger partial charge in [0.15, 0.2) is 0 Å². The van der Waals surface area contributed by atoms with E-state index in [4.69, 9.17) is 5.11 Å². The Hall–Kier alpha value is -1.42. The summed E-state index contributed by atoms with van der Waals surface area (Å²) < 4.78 is 39.9. The van der Waals surface area contributed by atoms with Crippen molar-refractivity contribution in [2.75, 3.05) is 13.2 Å². The number of hydrogen-bond donors (Lipinski definition) is 2. The number of sulfonamides is 1. The second-order valence-electron chi connectivity index (χ2n) is 4.21. The molecule has 0 saturated carbocycles. The number of benzene rings is 1. The molecule has 0 unspecified atom stereocenters. The molecule has 2 N–H and O–H groups in total. The number of hydrogen-bond acceptors (Lipinski definition) is 3. The van der Waals surface area contributed by atoms with E-state index in [2.05, 4.69) is 16.6 Å². The molecule has 0 bridgehead atoms. The average Bonchev–Trinajstić information content (AvgIpc) is 2.42. The van der Waals surface area contributed by atoms with Gasteiger partial charge in [0.2, 0.25) is 10.0 Å². The Bertz CT molecular complexity index is 603. The van der Waals surface area contributed by atoms with Crippen molar-refractivity contribution in [3.63, 3.8) is 0 Å². The maximum atomic E-state index is 13.7. The molecule has 0 spiro atoms. The molecule has 0 aliphatic heterocycles. The SMILES string of the molecule is CCCCCNS(=O)(=O)c1ccc(C#CCO)c(F)c1. The summed E-state index contributed by atoms with van der Waals surface area (Å²) in [5, 5.41) is 8.54. The second-order valence-corrected chi connectivity index (χ2v) is 5.97. The minimum absolute atomic E-state index is 0.0592. The quantitative estimate of drug-likeness (QED) is 0.620. The second kappa shape index (κ2) is 8.00. The third-order valence-corrected chi connectivity index (χ3v) is 4.08. The summed E-state index contributed by atoms with van der Waals surface area (Å²) in [6, 6.07) is 3.52. The van der Waals surface area contributed by atoms with Gasteiger partial charge in [0.1, 0.15) is 12.4 Å². The molecule has 0 saturated heterocycles. The largest absolute Gasteiger partial charge is 0.384 e. The average molecular weight is 299 g/mol. The first kappa shape index (κ1) is 16.6. The van der Waals surface area contributed by atoms with Crippen LogP contribution in [0.3, 0.4) is 0 Å². The van der Waals surface area contributed by atoms with Gasteiger partial charge in [-0.2, -0.15) is 0 Å². The van der Waals surface area contributed by atoms with E-state index in [1.165, 1.54) is 12.1 Å². The molecule has 1 aromatic carbocycles. The number of rotatable bonds is 6. The van der Waals surface area contributed by atoms with Crippen molar-refractivity contribution < 1.29 is 17.9 Å². The van der Waals surface area contributed by atoms with Gasteiger partial charge in [-0.1, -0.05) is 31.6 Å². The molecule has 0 aliphatic carbocycles. The van der Waals surface area contributed by atoms with Gasteiger partial charge in [-0.3, -0.25) is 0 Å². The van der Waals surface area contributed by atoms with Crippen molar-refractivity contribution >= 4 is 10.0 Å². The molecule has 1 rings (SSSR count). The zero-order chi connectivity index (χ0) is 15.0. The summed E-state index contributed by atoms with van der Waals surface area (Å²) in [5.41, 5.74) is 0.0592. The Labute approximate surface area is 119 Å². The van der Waals surface area contributed by atoms with Crippen LogP contribution in [0.15, 0.2) is 23.1 Å². The van der Waals surface area contributed by atoms with Gasteiger partial charge in [0.05, 0.1) is 10.5 Å². The third-order valence-electron chi connectivity index (χ3n) is 2.63. The normalized spacial score (nSPS) is 10.9. The Morgan fingerprint density at radius 1 is 1.35 bits per heavy atom. The summed E-state index contributed by atoms with van der Waals surface area (Å²) in [6.07, 6.45) is 2.68. The molecular weight excluding hydrogens is 281 g/mol. The zero-order valence-corrected chi connectivity index (χ0v) is 12.1. The molecule has 0 aromatic heterocycles. The van der Waals surface area contributed by atoms with Gasteiger partial charge in [-0.25, -0.2) is 17.5 Å². The first-order chi connectivity index (χ1) is 9.51. The van der Waals surface area contributed by atoms with Crippen molar-refractivity contribution in [1.29, 1.82) is 0 Å². The van der Waals surface area contributed by atoms with Gasteiger partial charge in [0.25, 0.3) is 0 Å². The van der Waals surface area contributed by atoms with E-state index < -0.39 is 15.8 Å². The number of aliphatic hydroxyl groups is 1. The van der Waals surface area contributed by atoms with E-state index in [1.807, 2.05) is 6.92 Å². The van der Waals surface area contributed by atoms with E-state index >= 15 is 0 Å². The Morgan fingerprint density at radius 2 is 2.10 bits per heavy atom. The van der Waals surface area contributed by atoms with Gasteiger partial charge in [-0.05, 0) is 24.6 Å². The van der Waals surface area contributed by atoms with E-state index in [9.17, 15) is 12.8 Å². The highest BCUT2D eigenvalue weighted by Crippen LogP contribution is 2.14. The highest BCUT2D eigenvalue weighted by molar-refractivity contribution is 7.89. The lowest BCUT2D eigenvalue weighted by molar-refractivity contribution is 0.350. The van der Waals surface area contributed by atoms with Crippen molar-refractivity contribution in [3.05, 3.63) is 29.6 Å². The molecule has 20 heavy (non-hydrogen) atoms. The molecule has 0 atom stereocenters. The van der Waals surface area contributed by atoms with Crippen LogP contribution in [0.1, 0.15) is 31.7 Å². The summed E-state index contributed by atoms with van der Waals surface area (Å²) in [7, 11) is -3.69. The van der Waals surface area contributed by atoms with Crippen LogP contribution in [-0.2, 0) is 10.0 Å². The van der Waals surface area contributed by atoms with E-state index in [0.717, 1.165) is 25.3 Å². The van der Waals surface area contributed by atoms with Gasteiger partial charge >= 0.3 is 0 Å². The molecule has 0 fully saturated rings. The minimum atomic E-state index is -3.69. The number of nitrogens with one attached hydrogen (secondary N) is 1. The lowest BCUT2D eigenvalue weighted by atomic mass is 10.2. The topological polar surface area (TPSA) is 66.4 Å². The number of halogens is 1. The van der Waals surface area contributed by atoms with Crippen molar-refractivity contribution in [2.45, 2.75) is 31.1 Å². The number of aliphatic hydroxyl groups excluding tert-OH is 1. The van der Waals surface area contributed by atoms with Crippen LogP contribution >= 0.6 is 0 Å². The smallest absolute Gasteiger partial charge is 0.240 e. The van der Waals surface area contributed by atoms with Crippen LogP contribution in [0.5, 0.6) is 0 Å². The monoisotopic (exact) mass is 299 g/mol. The zero-order valence-electron chi connectivity index (χ0n) is 11.3. The van der Waals surface area contributed by atoms with Crippen LogP contribution in [0.2, 0.25) is 0 Å². The molecule has 0 amide bonds. The first-order valence-electron chi connectivity index (χ1n) is 6.40. The van der Waals surface area contributed by atoms with Gasteiger partial charge < -0.3 is 5.11 Å². The first-order valence-corrected chi connectivity index (χ1v) is 7.88. The molecule has 4 nitrogen and oxygen atoms in total. The van der Waals surface area contributed by atoms with Crippen LogP contribution < -0.4 is 4.72 Å². The van der Waals surface area contributed by atoms with Crippen molar-refractivity contribution in [1.82, 2.24) is 4.72 Å². The summed E-state index contributed by atoms with van der Waals surface area (Å²) in [5.74, 6) is 4.00. The molecule has 0 heterocycles.